The highest BCUT2D eigenvalue weighted by atomic mass is 16.5. The maximum Gasteiger partial charge on any atom is 0.439 e. The smallest absolute Gasteiger partial charge is 0.394 e. The molecule has 1 aliphatic carbocycles. The Hall–Kier alpha value is -5.92. The Balaban J connectivity index is 1.07. The van der Waals surface area contributed by atoms with E-state index in [0.29, 0.717) is 24.2 Å². The summed E-state index contributed by atoms with van der Waals surface area (Å²) in [4.78, 5) is 71.0. The van der Waals surface area contributed by atoms with Crippen molar-refractivity contribution in [2.24, 2.45) is 0 Å². The van der Waals surface area contributed by atoms with Gasteiger partial charge in [0.15, 0.2) is 5.82 Å². The molecule has 2 heterocycles. The van der Waals surface area contributed by atoms with Crippen LogP contribution >= 0.6 is 0 Å². The lowest BCUT2D eigenvalue weighted by atomic mass is 10.0. The largest absolute Gasteiger partial charge is 0.439 e. The number of nitrogens with zero attached hydrogens (tertiary/aromatic N) is 3. The average molecular weight is 595 g/mol. The third-order valence-corrected chi connectivity index (χ3v) is 7.58. The molecule has 6 N–H and O–H groups in total. The topological polar surface area (TPSA) is 215 Å². The first-order chi connectivity index (χ1) is 21.2. The van der Waals surface area contributed by atoms with Crippen molar-refractivity contribution in [2.75, 3.05) is 11.1 Å². The second kappa shape index (κ2) is 11.4. The minimum Gasteiger partial charge on any atom is -0.394 e. The minimum atomic E-state index is -0.691. The quantitative estimate of drug-likeness (QED) is 0.154. The fourth-order valence-corrected chi connectivity index (χ4v) is 5.20. The van der Waals surface area contributed by atoms with E-state index >= 15 is 0 Å². The van der Waals surface area contributed by atoms with Crippen molar-refractivity contribution in [3.63, 3.8) is 0 Å². The van der Waals surface area contributed by atoms with E-state index < -0.39 is 28.4 Å². The molecule has 0 aliphatic heterocycles. The van der Waals surface area contributed by atoms with Gasteiger partial charge in [0.1, 0.15) is 29.1 Å². The molecule has 6 rings (SSSR count). The standard InChI is InChI=1S/C30H26N8O6/c1-14(35-24-23(31)25(39)26(24)40)16-4-2-3-15(9-16)12-32-28(41)21-11-22(34-13-33-21)29(42)36-20-8-6-17-10-18(5-7-19(17)20)27-37-30(43)44-38-27/h2-5,7,9-11,13-14,20,35H,6,8,12,31H2,1H3,(H,32,41)(H,36,42)(H,37,38,43)/t14?,20-/m0/s1. The molecule has 14 nitrogen and oxygen atoms in total. The number of amides is 2. The molecule has 5 aromatic rings. The Morgan fingerprint density at radius 3 is 2.59 bits per heavy atom. The molecule has 222 valence electrons. The van der Waals surface area contributed by atoms with Crippen LogP contribution in [0.5, 0.6) is 0 Å². The summed E-state index contributed by atoms with van der Waals surface area (Å²) in [5.41, 5.74) is 8.67. The summed E-state index contributed by atoms with van der Waals surface area (Å²) in [5, 5.41) is 12.4. The van der Waals surface area contributed by atoms with E-state index in [1.54, 1.807) is 6.07 Å². The zero-order valence-electron chi connectivity index (χ0n) is 23.3. The average Bonchev–Trinajstić information content (AvgIpc) is 3.67. The first-order valence-corrected chi connectivity index (χ1v) is 13.7. The maximum absolute atomic E-state index is 13.1. The molecule has 1 aliphatic rings. The zero-order chi connectivity index (χ0) is 31.0. The number of aromatic nitrogens is 4. The fraction of sp³-hybridized carbons (Fsp3) is 0.200. The number of fused-ring (bicyclic) bond motifs is 1. The lowest BCUT2D eigenvalue weighted by Crippen LogP contribution is -2.37. The monoisotopic (exact) mass is 594 g/mol. The Kier molecular flexibility index (Phi) is 7.31. The highest BCUT2D eigenvalue weighted by Gasteiger charge is 2.26. The van der Waals surface area contributed by atoms with Crippen LogP contribution in [0, 0.1) is 0 Å². The van der Waals surface area contributed by atoms with Crippen molar-refractivity contribution in [3.8, 4) is 11.4 Å². The number of carbonyl (C=O) groups is 2. The summed E-state index contributed by atoms with van der Waals surface area (Å²) in [5.74, 6) is -1.23. The molecular formula is C30H26N8O6. The minimum absolute atomic E-state index is 0.0324. The first kappa shape index (κ1) is 28.2. The number of nitrogens with two attached hydrogens (primary N) is 1. The van der Waals surface area contributed by atoms with Crippen LogP contribution in [-0.4, -0.2) is 31.9 Å². The third kappa shape index (κ3) is 5.47. The van der Waals surface area contributed by atoms with Gasteiger partial charge in [0.2, 0.25) is 0 Å². The van der Waals surface area contributed by atoms with Crippen molar-refractivity contribution in [1.82, 2.24) is 30.7 Å². The number of aryl methyl sites for hydroxylation is 1. The summed E-state index contributed by atoms with van der Waals surface area (Å²) >= 11 is 0. The van der Waals surface area contributed by atoms with Crippen LogP contribution in [0.15, 0.2) is 73.8 Å². The molecule has 3 aromatic carbocycles. The van der Waals surface area contributed by atoms with Crippen LogP contribution in [0.2, 0.25) is 0 Å². The molecule has 0 bridgehead atoms. The van der Waals surface area contributed by atoms with Crippen LogP contribution in [0.25, 0.3) is 11.4 Å². The van der Waals surface area contributed by atoms with E-state index in [1.807, 2.05) is 43.3 Å². The van der Waals surface area contributed by atoms with Gasteiger partial charge in [-0.25, -0.2) is 14.8 Å². The molecule has 0 spiro atoms. The van der Waals surface area contributed by atoms with Gasteiger partial charge in [0.25, 0.3) is 22.7 Å². The molecule has 2 atom stereocenters. The van der Waals surface area contributed by atoms with Gasteiger partial charge in [-0.1, -0.05) is 41.6 Å². The van der Waals surface area contributed by atoms with Crippen molar-refractivity contribution in [1.29, 1.82) is 0 Å². The second-order valence-electron chi connectivity index (χ2n) is 10.5. The lowest BCUT2D eigenvalue weighted by Gasteiger charge is -2.18. The number of rotatable bonds is 9. The zero-order valence-corrected chi connectivity index (χ0v) is 23.3. The number of nitrogen functional groups attached to an aromatic ring is 1. The second-order valence-corrected chi connectivity index (χ2v) is 10.5. The van der Waals surface area contributed by atoms with Gasteiger partial charge in [0.05, 0.1) is 6.04 Å². The number of benzene rings is 2. The number of carbonyl (C=O) groups excluding carboxylic acids is 2. The molecule has 1 unspecified atom stereocenters. The van der Waals surface area contributed by atoms with E-state index in [0.717, 1.165) is 28.6 Å². The molecule has 0 saturated heterocycles. The molecule has 2 aromatic heterocycles. The van der Waals surface area contributed by atoms with Crippen LogP contribution in [0.4, 0.5) is 11.4 Å². The van der Waals surface area contributed by atoms with Gasteiger partial charge < -0.3 is 21.7 Å². The highest BCUT2D eigenvalue weighted by Crippen LogP contribution is 2.33. The maximum atomic E-state index is 13.1. The summed E-state index contributed by atoms with van der Waals surface area (Å²) in [6.45, 7) is 2.00. The van der Waals surface area contributed by atoms with E-state index in [1.165, 1.54) is 6.07 Å². The van der Waals surface area contributed by atoms with Gasteiger partial charge in [-0.15, -0.1) is 0 Å². The van der Waals surface area contributed by atoms with Crippen molar-refractivity contribution in [3.05, 3.63) is 119 Å². The number of hydrogen-bond acceptors (Lipinski definition) is 11. The van der Waals surface area contributed by atoms with Gasteiger partial charge in [-0.3, -0.25) is 28.7 Å². The van der Waals surface area contributed by atoms with E-state index in [9.17, 15) is 24.0 Å². The Bertz CT molecular complexity index is 2040. The van der Waals surface area contributed by atoms with Crippen LogP contribution < -0.4 is 38.3 Å². The Morgan fingerprint density at radius 2 is 1.84 bits per heavy atom. The molecule has 0 fully saturated rings. The molecule has 0 saturated carbocycles. The normalized spacial score (nSPS) is 14.6. The molecule has 0 radical (unpaired) electrons. The highest BCUT2D eigenvalue weighted by molar-refractivity contribution is 5.97. The number of anilines is 2. The fourth-order valence-electron chi connectivity index (χ4n) is 5.20. The summed E-state index contributed by atoms with van der Waals surface area (Å²) in [7, 11) is 0. The Labute approximate surface area is 248 Å². The number of nitrogens with one attached hydrogen (secondary N) is 4. The van der Waals surface area contributed by atoms with Crippen LogP contribution in [0.1, 0.15) is 68.7 Å². The predicted molar refractivity (Wildman–Crippen MR) is 159 cm³/mol. The molecular weight excluding hydrogens is 568 g/mol. The van der Waals surface area contributed by atoms with Gasteiger partial charge >= 0.3 is 5.76 Å². The Morgan fingerprint density at radius 1 is 1.05 bits per heavy atom. The van der Waals surface area contributed by atoms with Gasteiger partial charge in [-0.05, 0) is 48.1 Å². The molecule has 14 heteroatoms. The van der Waals surface area contributed by atoms with E-state index in [2.05, 4.69) is 40.6 Å². The molecule has 44 heavy (non-hydrogen) atoms. The SMILES string of the molecule is CC(Nc1c(N)c(=O)c1=O)c1cccc(CNC(=O)c2cc(C(=O)N[C@H]3CCc4cc(-c5noc(=O)[nH]5)ccc43)ncn2)c1. The van der Waals surface area contributed by atoms with Crippen molar-refractivity contribution >= 4 is 23.2 Å². The van der Waals surface area contributed by atoms with Gasteiger partial charge in [-0.2, -0.15) is 0 Å². The van der Waals surface area contributed by atoms with Crippen LogP contribution in [0.3, 0.4) is 0 Å². The third-order valence-electron chi connectivity index (χ3n) is 7.58. The number of hydrogen-bond donors (Lipinski definition) is 5. The lowest BCUT2D eigenvalue weighted by molar-refractivity contribution is 0.0931. The van der Waals surface area contributed by atoms with E-state index in [4.69, 9.17) is 5.73 Å². The number of aromatic amines is 1. The predicted octanol–water partition coefficient (Wildman–Crippen LogP) is 1.52. The molecule has 2 amide bonds. The van der Waals surface area contributed by atoms with Crippen molar-refractivity contribution in [2.45, 2.75) is 38.4 Å². The first-order valence-electron chi connectivity index (χ1n) is 13.7. The van der Waals surface area contributed by atoms with Crippen molar-refractivity contribution < 1.29 is 14.1 Å². The summed E-state index contributed by atoms with van der Waals surface area (Å²) in [6.07, 6.45) is 2.55. The van der Waals surface area contributed by atoms with Crippen LogP contribution in [-0.2, 0) is 13.0 Å². The summed E-state index contributed by atoms with van der Waals surface area (Å²) in [6, 6.07) is 13.7. The van der Waals surface area contributed by atoms with E-state index in [-0.39, 0.29) is 41.4 Å². The van der Waals surface area contributed by atoms with Gasteiger partial charge in [0, 0.05) is 24.2 Å². The number of H-pyrrole nitrogens is 1. The summed E-state index contributed by atoms with van der Waals surface area (Å²) < 4.78 is 4.58.